The number of carbonyl (C=O) groups is 1. The Morgan fingerprint density at radius 2 is 2.25 bits per heavy atom. The molecule has 0 aliphatic carbocycles. The number of aromatic nitrogens is 3. The summed E-state index contributed by atoms with van der Waals surface area (Å²) in [5, 5.41) is 8.10. The highest BCUT2D eigenvalue weighted by molar-refractivity contribution is 5.89. The van der Waals surface area contributed by atoms with Crippen molar-refractivity contribution < 1.29 is 9.53 Å². The number of pyridine rings is 1. The Labute approximate surface area is 93.1 Å². The summed E-state index contributed by atoms with van der Waals surface area (Å²) >= 11 is 0. The van der Waals surface area contributed by atoms with Crippen LogP contribution in [-0.2, 0) is 11.2 Å². The van der Waals surface area contributed by atoms with Gasteiger partial charge in [0.2, 0.25) is 0 Å². The standard InChI is InChI=1S/C11H13N3O2/c1-3-4-9-12-13-10-6-5-8(7-14(9)10)11(15)16-2/h5-7H,3-4H2,1-2H3. The molecule has 0 aliphatic heterocycles. The minimum atomic E-state index is -0.349. The van der Waals surface area contributed by atoms with Crippen LogP contribution < -0.4 is 0 Å². The molecule has 0 aliphatic rings. The molecule has 2 aromatic rings. The third-order valence-corrected chi connectivity index (χ3v) is 2.37. The lowest BCUT2D eigenvalue weighted by molar-refractivity contribution is 0.0600. The zero-order chi connectivity index (χ0) is 11.5. The van der Waals surface area contributed by atoms with Crippen molar-refractivity contribution in [1.82, 2.24) is 14.6 Å². The summed E-state index contributed by atoms with van der Waals surface area (Å²) in [6.07, 6.45) is 3.54. The van der Waals surface area contributed by atoms with Crippen molar-refractivity contribution in [3.05, 3.63) is 29.7 Å². The van der Waals surface area contributed by atoms with Crippen molar-refractivity contribution in [1.29, 1.82) is 0 Å². The van der Waals surface area contributed by atoms with E-state index in [1.807, 2.05) is 4.40 Å². The van der Waals surface area contributed by atoms with Gasteiger partial charge in [0.1, 0.15) is 5.82 Å². The van der Waals surface area contributed by atoms with Gasteiger partial charge in [-0.15, -0.1) is 10.2 Å². The summed E-state index contributed by atoms with van der Waals surface area (Å²) in [7, 11) is 1.37. The molecule has 2 rings (SSSR count). The summed E-state index contributed by atoms with van der Waals surface area (Å²) in [5.74, 6) is 0.515. The van der Waals surface area contributed by atoms with Gasteiger partial charge < -0.3 is 4.74 Å². The molecule has 0 fully saturated rings. The summed E-state index contributed by atoms with van der Waals surface area (Å²) < 4.78 is 6.50. The zero-order valence-corrected chi connectivity index (χ0v) is 9.30. The Balaban J connectivity index is 2.49. The predicted octanol–water partition coefficient (Wildman–Crippen LogP) is 1.47. The van der Waals surface area contributed by atoms with Crippen LogP contribution in [0.4, 0.5) is 0 Å². The lowest BCUT2D eigenvalue weighted by Gasteiger charge is -2.01. The van der Waals surface area contributed by atoms with E-state index in [-0.39, 0.29) is 5.97 Å². The first-order chi connectivity index (χ1) is 7.76. The molecule has 0 saturated carbocycles. The van der Waals surface area contributed by atoms with Crippen LogP contribution in [0.2, 0.25) is 0 Å². The smallest absolute Gasteiger partial charge is 0.339 e. The van der Waals surface area contributed by atoms with Crippen molar-refractivity contribution in [3.8, 4) is 0 Å². The van der Waals surface area contributed by atoms with E-state index in [4.69, 9.17) is 0 Å². The first kappa shape index (κ1) is 10.6. The van der Waals surface area contributed by atoms with E-state index in [1.54, 1.807) is 18.3 Å². The number of ether oxygens (including phenoxy) is 1. The molecule has 0 N–H and O–H groups in total. The third-order valence-electron chi connectivity index (χ3n) is 2.37. The van der Waals surface area contributed by atoms with Crippen LogP contribution in [0.25, 0.3) is 5.65 Å². The van der Waals surface area contributed by atoms with E-state index in [1.165, 1.54) is 7.11 Å². The van der Waals surface area contributed by atoms with Crippen molar-refractivity contribution in [3.63, 3.8) is 0 Å². The Morgan fingerprint density at radius 1 is 1.44 bits per heavy atom. The van der Waals surface area contributed by atoms with Crippen LogP contribution in [0.1, 0.15) is 29.5 Å². The van der Waals surface area contributed by atoms with Crippen molar-refractivity contribution in [2.45, 2.75) is 19.8 Å². The van der Waals surface area contributed by atoms with Gasteiger partial charge in [0.25, 0.3) is 0 Å². The van der Waals surface area contributed by atoms with Crippen molar-refractivity contribution in [2.75, 3.05) is 7.11 Å². The SMILES string of the molecule is CCCc1nnc2ccc(C(=O)OC)cn12. The number of carbonyl (C=O) groups excluding carboxylic acids is 1. The molecule has 2 heterocycles. The predicted molar refractivity (Wildman–Crippen MR) is 58.3 cm³/mol. The molecule has 0 amide bonds. The maximum Gasteiger partial charge on any atom is 0.339 e. The second kappa shape index (κ2) is 4.30. The number of aryl methyl sites for hydroxylation is 1. The topological polar surface area (TPSA) is 56.5 Å². The quantitative estimate of drug-likeness (QED) is 0.733. The third kappa shape index (κ3) is 1.76. The molecule has 16 heavy (non-hydrogen) atoms. The van der Waals surface area contributed by atoms with Gasteiger partial charge in [0, 0.05) is 12.6 Å². The highest BCUT2D eigenvalue weighted by Gasteiger charge is 2.09. The minimum absolute atomic E-state index is 0.349. The van der Waals surface area contributed by atoms with Gasteiger partial charge in [-0.3, -0.25) is 4.40 Å². The number of rotatable bonds is 3. The van der Waals surface area contributed by atoms with E-state index in [0.29, 0.717) is 5.56 Å². The number of esters is 1. The lowest BCUT2D eigenvalue weighted by Crippen LogP contribution is -2.04. The molecule has 5 nitrogen and oxygen atoms in total. The average molecular weight is 219 g/mol. The van der Waals surface area contributed by atoms with Gasteiger partial charge in [0.15, 0.2) is 5.65 Å². The largest absolute Gasteiger partial charge is 0.465 e. The van der Waals surface area contributed by atoms with Gasteiger partial charge in [-0.05, 0) is 18.6 Å². The number of hydrogen-bond donors (Lipinski definition) is 0. The molecular weight excluding hydrogens is 206 g/mol. The first-order valence-corrected chi connectivity index (χ1v) is 5.18. The molecule has 0 atom stereocenters. The van der Waals surface area contributed by atoms with Gasteiger partial charge in [-0.25, -0.2) is 4.79 Å². The molecule has 0 radical (unpaired) electrons. The summed E-state index contributed by atoms with van der Waals surface area (Å²) in [6.45, 7) is 2.07. The Bertz CT molecular complexity index is 519. The lowest BCUT2D eigenvalue weighted by atomic mass is 10.2. The highest BCUT2D eigenvalue weighted by Crippen LogP contribution is 2.09. The Hall–Kier alpha value is -1.91. The second-order valence-electron chi connectivity index (χ2n) is 3.50. The van der Waals surface area contributed by atoms with Crippen LogP contribution in [0, 0.1) is 0 Å². The van der Waals surface area contributed by atoms with E-state index in [9.17, 15) is 4.79 Å². The van der Waals surface area contributed by atoms with Gasteiger partial charge in [0.05, 0.1) is 12.7 Å². The van der Waals surface area contributed by atoms with Crippen molar-refractivity contribution >= 4 is 11.6 Å². The molecule has 0 saturated heterocycles. The van der Waals surface area contributed by atoms with Crippen LogP contribution in [0.3, 0.4) is 0 Å². The number of nitrogens with zero attached hydrogens (tertiary/aromatic N) is 3. The number of fused-ring (bicyclic) bond motifs is 1. The molecule has 0 unspecified atom stereocenters. The monoisotopic (exact) mass is 219 g/mol. The fourth-order valence-electron chi connectivity index (χ4n) is 1.57. The Kier molecular flexibility index (Phi) is 2.85. The van der Waals surface area contributed by atoms with E-state index >= 15 is 0 Å². The second-order valence-corrected chi connectivity index (χ2v) is 3.50. The highest BCUT2D eigenvalue weighted by atomic mass is 16.5. The summed E-state index contributed by atoms with van der Waals surface area (Å²) in [4.78, 5) is 11.4. The normalized spacial score (nSPS) is 10.6. The van der Waals surface area contributed by atoms with E-state index < -0.39 is 0 Å². The zero-order valence-electron chi connectivity index (χ0n) is 9.30. The summed E-state index contributed by atoms with van der Waals surface area (Å²) in [6, 6.07) is 3.45. The first-order valence-electron chi connectivity index (χ1n) is 5.18. The summed E-state index contributed by atoms with van der Waals surface area (Å²) in [5.41, 5.74) is 1.25. The van der Waals surface area contributed by atoms with Crippen LogP contribution >= 0.6 is 0 Å². The number of methoxy groups -OCH3 is 1. The molecular formula is C11H13N3O2. The fourth-order valence-corrected chi connectivity index (χ4v) is 1.57. The van der Waals surface area contributed by atoms with Crippen LogP contribution in [-0.4, -0.2) is 27.7 Å². The molecule has 5 heteroatoms. The molecule has 0 aromatic carbocycles. The molecule has 84 valence electrons. The number of hydrogen-bond acceptors (Lipinski definition) is 4. The van der Waals surface area contributed by atoms with E-state index in [2.05, 4.69) is 21.9 Å². The Morgan fingerprint density at radius 3 is 2.94 bits per heavy atom. The minimum Gasteiger partial charge on any atom is -0.465 e. The van der Waals surface area contributed by atoms with Crippen LogP contribution in [0.5, 0.6) is 0 Å². The van der Waals surface area contributed by atoms with Crippen molar-refractivity contribution in [2.24, 2.45) is 0 Å². The maximum atomic E-state index is 11.4. The van der Waals surface area contributed by atoms with Gasteiger partial charge >= 0.3 is 5.97 Å². The molecule has 0 bridgehead atoms. The average Bonchev–Trinajstić information content (AvgIpc) is 2.71. The maximum absolute atomic E-state index is 11.4. The molecule has 2 aromatic heterocycles. The van der Waals surface area contributed by atoms with Gasteiger partial charge in [-0.2, -0.15) is 0 Å². The van der Waals surface area contributed by atoms with Gasteiger partial charge in [-0.1, -0.05) is 6.92 Å². The van der Waals surface area contributed by atoms with Crippen LogP contribution in [0.15, 0.2) is 18.3 Å². The van der Waals surface area contributed by atoms with E-state index in [0.717, 1.165) is 24.3 Å². The fraction of sp³-hybridized carbons (Fsp3) is 0.364. The molecule has 0 spiro atoms.